The summed E-state index contributed by atoms with van der Waals surface area (Å²) in [5.41, 5.74) is 1.74. The highest BCUT2D eigenvalue weighted by atomic mass is 16.1. The van der Waals surface area contributed by atoms with Crippen LogP contribution in [0.25, 0.3) is 0 Å². The summed E-state index contributed by atoms with van der Waals surface area (Å²) in [4.78, 5) is 11.3. The Hall–Kier alpha value is -1.82. The van der Waals surface area contributed by atoms with Gasteiger partial charge in [0.2, 0.25) is 0 Å². The Morgan fingerprint density at radius 1 is 1.27 bits per heavy atom. The van der Waals surface area contributed by atoms with Crippen molar-refractivity contribution in [1.82, 2.24) is 5.32 Å². The lowest BCUT2D eigenvalue weighted by Gasteiger charge is -2.18. The molecule has 1 amide bonds. The van der Waals surface area contributed by atoms with Crippen LogP contribution in [0.15, 0.2) is 24.3 Å². The van der Waals surface area contributed by atoms with Crippen molar-refractivity contribution in [2.75, 3.05) is 0 Å². The quantitative estimate of drug-likeness (QED) is 0.560. The van der Waals surface area contributed by atoms with Crippen molar-refractivity contribution in [2.24, 2.45) is 0 Å². The van der Waals surface area contributed by atoms with Gasteiger partial charge in [-0.25, -0.2) is 0 Å². The summed E-state index contributed by atoms with van der Waals surface area (Å²) in [6, 6.07) is 7.28. The van der Waals surface area contributed by atoms with Crippen LogP contribution in [-0.4, -0.2) is 5.91 Å². The molecule has 78 valence electrons. The number of nitrogens with zero attached hydrogens (tertiary/aromatic N) is 1. The second kappa shape index (κ2) is 4.14. The number of hydrogen-bond acceptors (Lipinski definition) is 2. The highest BCUT2D eigenvalue weighted by Gasteiger charge is 2.13. The van der Waals surface area contributed by atoms with E-state index in [0.29, 0.717) is 5.56 Å². The first-order valence-corrected chi connectivity index (χ1v) is 4.75. The summed E-state index contributed by atoms with van der Waals surface area (Å²) >= 11 is 0. The fourth-order valence-electron chi connectivity index (χ4n) is 1.24. The Balaban J connectivity index is 2.92. The summed E-state index contributed by atoms with van der Waals surface area (Å²) < 4.78 is 0. The monoisotopic (exact) mass is 202 g/mol. The molecule has 0 heterocycles. The van der Waals surface area contributed by atoms with E-state index in [1.807, 2.05) is 12.1 Å². The van der Waals surface area contributed by atoms with Crippen molar-refractivity contribution >= 4 is 5.91 Å². The van der Waals surface area contributed by atoms with Crippen molar-refractivity contribution in [2.45, 2.75) is 26.2 Å². The minimum absolute atomic E-state index is 0.0736. The van der Waals surface area contributed by atoms with Gasteiger partial charge in [-0.2, -0.15) is 5.26 Å². The van der Waals surface area contributed by atoms with Crippen LogP contribution in [-0.2, 0) is 5.41 Å². The third-order valence-electron chi connectivity index (χ3n) is 2.18. The van der Waals surface area contributed by atoms with Gasteiger partial charge in [-0.1, -0.05) is 32.9 Å². The summed E-state index contributed by atoms with van der Waals surface area (Å²) in [7, 11) is 0. The zero-order valence-corrected chi connectivity index (χ0v) is 9.16. The normalized spacial score (nSPS) is 10.5. The molecule has 15 heavy (non-hydrogen) atoms. The van der Waals surface area contributed by atoms with Gasteiger partial charge in [0.1, 0.15) is 0 Å². The van der Waals surface area contributed by atoms with Gasteiger partial charge in [-0.05, 0) is 23.1 Å². The van der Waals surface area contributed by atoms with Crippen molar-refractivity contribution in [3.05, 3.63) is 35.4 Å². The van der Waals surface area contributed by atoms with E-state index >= 15 is 0 Å². The number of nitrogens with one attached hydrogen (secondary N) is 1. The first-order chi connectivity index (χ1) is 6.95. The Labute approximate surface area is 89.7 Å². The van der Waals surface area contributed by atoms with Gasteiger partial charge < -0.3 is 0 Å². The van der Waals surface area contributed by atoms with E-state index in [4.69, 9.17) is 5.26 Å². The van der Waals surface area contributed by atoms with E-state index in [0.717, 1.165) is 5.56 Å². The largest absolute Gasteiger partial charge is 0.268 e. The SMILES string of the molecule is CC(C)(C)c1ccc(C(=O)NC#N)cc1. The van der Waals surface area contributed by atoms with E-state index in [1.165, 1.54) is 0 Å². The van der Waals surface area contributed by atoms with Gasteiger partial charge >= 0.3 is 0 Å². The molecule has 0 radical (unpaired) electrons. The fourth-order valence-corrected chi connectivity index (χ4v) is 1.24. The standard InChI is InChI=1S/C12H14N2O/c1-12(2,3)10-6-4-9(5-7-10)11(15)14-8-13/h4-7H,1-3H3,(H,14,15). The number of carbonyl (C=O) groups is 1. The van der Waals surface area contributed by atoms with E-state index in [9.17, 15) is 4.79 Å². The molecule has 0 aliphatic carbocycles. The van der Waals surface area contributed by atoms with Crippen molar-refractivity contribution in [3.63, 3.8) is 0 Å². The number of nitriles is 1. The molecular weight excluding hydrogens is 188 g/mol. The first kappa shape index (κ1) is 11.3. The lowest BCUT2D eigenvalue weighted by atomic mass is 9.87. The number of benzene rings is 1. The molecule has 0 aliphatic rings. The smallest absolute Gasteiger partial charge is 0.264 e. The number of hydrogen-bond donors (Lipinski definition) is 1. The summed E-state index contributed by atoms with van der Waals surface area (Å²) in [5, 5.41) is 10.4. The molecule has 0 aliphatic heterocycles. The minimum Gasteiger partial charge on any atom is -0.268 e. The average Bonchev–Trinajstić information content (AvgIpc) is 2.17. The van der Waals surface area contributed by atoms with Crippen LogP contribution in [0.2, 0.25) is 0 Å². The zero-order valence-electron chi connectivity index (χ0n) is 9.16. The maximum atomic E-state index is 11.3. The second-order valence-electron chi connectivity index (χ2n) is 4.39. The van der Waals surface area contributed by atoms with E-state index in [1.54, 1.807) is 18.3 Å². The highest BCUT2D eigenvalue weighted by molar-refractivity contribution is 5.95. The number of rotatable bonds is 1. The molecule has 0 bridgehead atoms. The van der Waals surface area contributed by atoms with Crippen LogP contribution in [0.1, 0.15) is 36.7 Å². The highest BCUT2D eigenvalue weighted by Crippen LogP contribution is 2.21. The van der Waals surface area contributed by atoms with Crippen LogP contribution >= 0.6 is 0 Å². The molecule has 0 atom stereocenters. The molecule has 1 aromatic rings. The molecule has 1 N–H and O–H groups in total. The van der Waals surface area contributed by atoms with Crippen LogP contribution in [0, 0.1) is 11.5 Å². The Kier molecular flexibility index (Phi) is 3.11. The van der Waals surface area contributed by atoms with E-state index < -0.39 is 0 Å². The molecule has 0 fully saturated rings. The Bertz CT molecular complexity index is 393. The third kappa shape index (κ3) is 2.81. The molecule has 3 nitrogen and oxygen atoms in total. The van der Waals surface area contributed by atoms with Crippen LogP contribution in [0.3, 0.4) is 0 Å². The number of carbonyl (C=O) groups excluding carboxylic acids is 1. The first-order valence-electron chi connectivity index (χ1n) is 4.75. The molecule has 0 spiro atoms. The van der Waals surface area contributed by atoms with Gasteiger partial charge in [-0.15, -0.1) is 0 Å². The summed E-state index contributed by atoms with van der Waals surface area (Å²) in [6.45, 7) is 6.33. The van der Waals surface area contributed by atoms with Gasteiger partial charge in [-0.3, -0.25) is 10.1 Å². The van der Waals surface area contributed by atoms with Gasteiger partial charge in [0.25, 0.3) is 5.91 Å². The molecule has 1 rings (SSSR count). The lowest BCUT2D eigenvalue weighted by Crippen LogP contribution is -2.18. The van der Waals surface area contributed by atoms with Gasteiger partial charge in [0.15, 0.2) is 6.19 Å². The summed E-state index contributed by atoms with van der Waals surface area (Å²) in [5.74, 6) is -0.363. The number of amides is 1. The Morgan fingerprint density at radius 2 is 1.80 bits per heavy atom. The predicted molar refractivity (Wildman–Crippen MR) is 58.2 cm³/mol. The van der Waals surface area contributed by atoms with Gasteiger partial charge in [0.05, 0.1) is 0 Å². The maximum Gasteiger partial charge on any atom is 0.264 e. The molecule has 0 unspecified atom stereocenters. The van der Waals surface area contributed by atoms with Crippen molar-refractivity contribution in [3.8, 4) is 6.19 Å². The predicted octanol–water partition coefficient (Wildman–Crippen LogP) is 2.19. The summed E-state index contributed by atoms with van der Waals surface area (Å²) in [6.07, 6.45) is 1.61. The Morgan fingerprint density at radius 3 is 2.20 bits per heavy atom. The molecule has 0 aromatic heterocycles. The molecule has 3 heteroatoms. The van der Waals surface area contributed by atoms with Crippen LogP contribution in [0.5, 0.6) is 0 Å². The minimum atomic E-state index is -0.363. The second-order valence-corrected chi connectivity index (χ2v) is 4.39. The molecular formula is C12H14N2O. The lowest BCUT2D eigenvalue weighted by molar-refractivity contribution is 0.0973. The van der Waals surface area contributed by atoms with E-state index in [2.05, 4.69) is 26.1 Å². The van der Waals surface area contributed by atoms with Crippen LogP contribution < -0.4 is 5.32 Å². The van der Waals surface area contributed by atoms with Gasteiger partial charge in [0, 0.05) is 5.56 Å². The third-order valence-corrected chi connectivity index (χ3v) is 2.18. The van der Waals surface area contributed by atoms with Crippen LogP contribution in [0.4, 0.5) is 0 Å². The molecule has 0 saturated heterocycles. The zero-order chi connectivity index (χ0) is 11.5. The fraction of sp³-hybridized carbons (Fsp3) is 0.333. The molecule has 0 saturated carbocycles. The topological polar surface area (TPSA) is 52.9 Å². The van der Waals surface area contributed by atoms with E-state index in [-0.39, 0.29) is 11.3 Å². The molecule has 1 aromatic carbocycles. The average molecular weight is 202 g/mol. The van der Waals surface area contributed by atoms with Crippen molar-refractivity contribution < 1.29 is 4.79 Å². The maximum absolute atomic E-state index is 11.3. The van der Waals surface area contributed by atoms with Crippen molar-refractivity contribution in [1.29, 1.82) is 5.26 Å².